The van der Waals surface area contributed by atoms with Gasteiger partial charge in [0.15, 0.2) is 0 Å². The van der Waals surface area contributed by atoms with Gasteiger partial charge in [0.25, 0.3) is 0 Å². The quantitative estimate of drug-likeness (QED) is 0.730. The van der Waals surface area contributed by atoms with Crippen LogP contribution < -0.4 is 5.32 Å². The summed E-state index contributed by atoms with van der Waals surface area (Å²) in [4.78, 5) is 28.6. The van der Waals surface area contributed by atoms with E-state index in [1.807, 2.05) is 61.2 Å². The third-order valence-corrected chi connectivity index (χ3v) is 4.54. The van der Waals surface area contributed by atoms with E-state index >= 15 is 0 Å². The number of hydrogen-bond acceptors (Lipinski definition) is 4. The number of piperazine rings is 1. The second-order valence-corrected chi connectivity index (χ2v) is 6.72. The van der Waals surface area contributed by atoms with Crippen LogP contribution in [0, 0.1) is 0 Å². The number of aliphatic hydroxyl groups is 1. The molecule has 1 aliphatic heterocycles. The summed E-state index contributed by atoms with van der Waals surface area (Å²) in [5.74, 6) is -0.210. The fraction of sp³-hybridized carbons (Fsp3) is 0.500. The van der Waals surface area contributed by atoms with E-state index < -0.39 is 6.04 Å². The van der Waals surface area contributed by atoms with Crippen molar-refractivity contribution in [1.29, 1.82) is 0 Å². The van der Waals surface area contributed by atoms with E-state index in [-0.39, 0.29) is 30.9 Å². The fourth-order valence-electron chi connectivity index (χ4n) is 3.15. The van der Waals surface area contributed by atoms with Gasteiger partial charge in [-0.05, 0) is 19.4 Å². The smallest absolute Gasteiger partial charge is 0.237 e. The molecule has 1 fully saturated rings. The van der Waals surface area contributed by atoms with Crippen molar-refractivity contribution in [3.05, 3.63) is 42.0 Å². The summed E-state index contributed by atoms with van der Waals surface area (Å²) in [6, 6.07) is 9.50. The van der Waals surface area contributed by atoms with Gasteiger partial charge in [-0.1, -0.05) is 42.5 Å². The van der Waals surface area contributed by atoms with E-state index in [1.54, 1.807) is 4.90 Å². The van der Waals surface area contributed by atoms with Crippen LogP contribution in [-0.2, 0) is 9.59 Å². The Morgan fingerprint density at radius 1 is 1.38 bits per heavy atom. The fourth-order valence-corrected chi connectivity index (χ4v) is 3.15. The summed E-state index contributed by atoms with van der Waals surface area (Å²) in [6.45, 7) is 5.95. The second kappa shape index (κ2) is 10.1. The number of nitrogens with zero attached hydrogens (tertiary/aromatic N) is 2. The van der Waals surface area contributed by atoms with Crippen LogP contribution in [0.15, 0.2) is 36.4 Å². The predicted molar refractivity (Wildman–Crippen MR) is 102 cm³/mol. The number of hydrogen-bond donors (Lipinski definition) is 2. The van der Waals surface area contributed by atoms with Gasteiger partial charge in [0, 0.05) is 32.2 Å². The standard InChI is InChI=1S/C20H29N3O3/c1-16(2)23(13-14-24)19(25)15-18-20(26)21-10-12-22(18)11-6-9-17-7-4-3-5-8-17/h3-9,16,18,24H,10-15H2,1-2H3,(H,21,26)/b9-6+. The van der Waals surface area contributed by atoms with Crippen LogP contribution in [0.5, 0.6) is 0 Å². The highest BCUT2D eigenvalue weighted by Crippen LogP contribution is 2.13. The lowest BCUT2D eigenvalue weighted by atomic mass is 10.1. The maximum atomic E-state index is 12.6. The van der Waals surface area contributed by atoms with Gasteiger partial charge in [-0.25, -0.2) is 0 Å². The molecule has 1 unspecified atom stereocenters. The Morgan fingerprint density at radius 3 is 2.77 bits per heavy atom. The van der Waals surface area contributed by atoms with Crippen molar-refractivity contribution in [1.82, 2.24) is 15.1 Å². The lowest BCUT2D eigenvalue weighted by molar-refractivity contribution is -0.140. The molecule has 0 radical (unpaired) electrons. The minimum absolute atomic E-state index is 0.00673. The van der Waals surface area contributed by atoms with Crippen molar-refractivity contribution in [2.75, 3.05) is 32.8 Å². The number of rotatable bonds is 8. The molecular formula is C20H29N3O3. The average Bonchev–Trinajstić information content (AvgIpc) is 2.63. The van der Waals surface area contributed by atoms with Crippen LogP contribution in [-0.4, -0.2) is 71.6 Å². The molecule has 0 aromatic heterocycles. The molecular weight excluding hydrogens is 330 g/mol. The molecule has 2 N–H and O–H groups in total. The van der Waals surface area contributed by atoms with Gasteiger partial charge in [-0.3, -0.25) is 14.5 Å². The monoisotopic (exact) mass is 359 g/mol. The Kier molecular flexibility index (Phi) is 7.81. The highest BCUT2D eigenvalue weighted by molar-refractivity contribution is 5.89. The molecule has 1 aromatic carbocycles. The minimum atomic E-state index is -0.475. The number of carbonyl (C=O) groups is 2. The number of aliphatic hydroxyl groups excluding tert-OH is 1. The van der Waals surface area contributed by atoms with E-state index in [4.69, 9.17) is 0 Å². The molecule has 142 valence electrons. The Hall–Kier alpha value is -2.18. The molecule has 1 atom stereocenters. The van der Waals surface area contributed by atoms with Crippen molar-refractivity contribution in [3.63, 3.8) is 0 Å². The summed E-state index contributed by atoms with van der Waals surface area (Å²) >= 11 is 0. The van der Waals surface area contributed by atoms with Crippen LogP contribution in [0.3, 0.4) is 0 Å². The van der Waals surface area contributed by atoms with Gasteiger partial charge in [-0.15, -0.1) is 0 Å². The number of amides is 2. The highest BCUT2D eigenvalue weighted by Gasteiger charge is 2.32. The van der Waals surface area contributed by atoms with Crippen LogP contribution in [0.25, 0.3) is 6.08 Å². The predicted octanol–water partition coefficient (Wildman–Crippen LogP) is 1.12. The molecule has 1 heterocycles. The van der Waals surface area contributed by atoms with Gasteiger partial charge in [-0.2, -0.15) is 0 Å². The Balaban J connectivity index is 2.01. The molecule has 0 aliphatic carbocycles. The van der Waals surface area contributed by atoms with Gasteiger partial charge >= 0.3 is 0 Å². The average molecular weight is 359 g/mol. The second-order valence-electron chi connectivity index (χ2n) is 6.72. The van der Waals surface area contributed by atoms with E-state index in [0.29, 0.717) is 26.2 Å². The lowest BCUT2D eigenvalue weighted by Crippen LogP contribution is -2.57. The molecule has 1 aliphatic rings. The van der Waals surface area contributed by atoms with Gasteiger partial charge < -0.3 is 15.3 Å². The normalized spacial score (nSPS) is 18.3. The SMILES string of the molecule is CC(C)N(CCO)C(=O)CC1C(=O)NCCN1C/C=C/c1ccccc1. The number of carbonyl (C=O) groups excluding carboxylic acids is 2. The summed E-state index contributed by atoms with van der Waals surface area (Å²) in [7, 11) is 0. The van der Waals surface area contributed by atoms with Crippen LogP contribution in [0.4, 0.5) is 0 Å². The molecule has 0 spiro atoms. The van der Waals surface area contributed by atoms with Crippen molar-refractivity contribution < 1.29 is 14.7 Å². The van der Waals surface area contributed by atoms with Crippen LogP contribution in [0.2, 0.25) is 0 Å². The zero-order valence-electron chi connectivity index (χ0n) is 15.6. The lowest BCUT2D eigenvalue weighted by Gasteiger charge is -2.35. The summed E-state index contributed by atoms with van der Waals surface area (Å²) in [5.41, 5.74) is 1.11. The van der Waals surface area contributed by atoms with Gasteiger partial charge in [0.1, 0.15) is 0 Å². The first-order valence-electron chi connectivity index (χ1n) is 9.16. The largest absolute Gasteiger partial charge is 0.395 e. The molecule has 0 bridgehead atoms. The minimum Gasteiger partial charge on any atom is -0.395 e. The van der Waals surface area contributed by atoms with Crippen molar-refractivity contribution in [3.8, 4) is 0 Å². The third kappa shape index (κ3) is 5.68. The molecule has 2 rings (SSSR count). The Labute approximate surface area is 155 Å². The molecule has 1 aromatic rings. The first kappa shape index (κ1) is 20.1. The Bertz CT molecular complexity index is 616. The molecule has 2 amide bonds. The Morgan fingerprint density at radius 2 is 2.12 bits per heavy atom. The van der Waals surface area contributed by atoms with E-state index in [2.05, 4.69) is 5.32 Å². The van der Waals surface area contributed by atoms with Gasteiger partial charge in [0.2, 0.25) is 11.8 Å². The summed E-state index contributed by atoms with van der Waals surface area (Å²) < 4.78 is 0. The first-order chi connectivity index (χ1) is 12.5. The van der Waals surface area contributed by atoms with Crippen molar-refractivity contribution in [2.45, 2.75) is 32.4 Å². The van der Waals surface area contributed by atoms with E-state index in [1.165, 1.54) is 0 Å². The summed E-state index contributed by atoms with van der Waals surface area (Å²) in [5, 5.41) is 12.0. The highest BCUT2D eigenvalue weighted by atomic mass is 16.3. The maximum absolute atomic E-state index is 12.6. The first-order valence-corrected chi connectivity index (χ1v) is 9.16. The van der Waals surface area contributed by atoms with Gasteiger partial charge in [0.05, 0.1) is 19.1 Å². The van der Waals surface area contributed by atoms with Crippen LogP contribution >= 0.6 is 0 Å². The van der Waals surface area contributed by atoms with E-state index in [9.17, 15) is 14.7 Å². The topological polar surface area (TPSA) is 72.9 Å². The zero-order chi connectivity index (χ0) is 18.9. The zero-order valence-corrected chi connectivity index (χ0v) is 15.6. The van der Waals surface area contributed by atoms with E-state index in [0.717, 1.165) is 5.56 Å². The van der Waals surface area contributed by atoms with Crippen molar-refractivity contribution >= 4 is 17.9 Å². The number of nitrogens with one attached hydrogen (secondary N) is 1. The molecule has 0 saturated carbocycles. The number of benzene rings is 1. The molecule has 1 saturated heterocycles. The summed E-state index contributed by atoms with van der Waals surface area (Å²) in [6.07, 6.45) is 4.18. The molecule has 6 heteroatoms. The molecule has 26 heavy (non-hydrogen) atoms. The van der Waals surface area contributed by atoms with Crippen molar-refractivity contribution in [2.24, 2.45) is 0 Å². The molecule has 6 nitrogen and oxygen atoms in total. The third-order valence-electron chi connectivity index (χ3n) is 4.54. The maximum Gasteiger partial charge on any atom is 0.237 e. The van der Waals surface area contributed by atoms with Crippen LogP contribution in [0.1, 0.15) is 25.8 Å².